The highest BCUT2D eigenvalue weighted by molar-refractivity contribution is 6.16. The summed E-state index contributed by atoms with van der Waals surface area (Å²) < 4.78 is 6.28. The highest BCUT2D eigenvalue weighted by Crippen LogP contribution is 2.19. The van der Waals surface area contributed by atoms with E-state index in [1.54, 1.807) is 6.33 Å². The third-order valence-corrected chi connectivity index (χ3v) is 5.23. The van der Waals surface area contributed by atoms with Crippen LogP contribution in [0.15, 0.2) is 47.7 Å². The van der Waals surface area contributed by atoms with Crippen molar-refractivity contribution in [2.24, 2.45) is 4.99 Å². The van der Waals surface area contributed by atoms with E-state index in [1.165, 1.54) is 0 Å². The van der Waals surface area contributed by atoms with Crippen molar-refractivity contribution < 1.29 is 9.53 Å². The first-order chi connectivity index (χ1) is 13.3. The van der Waals surface area contributed by atoms with E-state index in [-0.39, 0.29) is 12.0 Å². The molecular formula is C21H20N4O2. The van der Waals surface area contributed by atoms with E-state index in [4.69, 9.17) is 4.74 Å². The fourth-order valence-electron chi connectivity index (χ4n) is 3.85. The molecule has 6 nitrogen and oxygen atoms in total. The van der Waals surface area contributed by atoms with Crippen LogP contribution in [-0.2, 0) is 11.2 Å². The first-order valence-corrected chi connectivity index (χ1v) is 9.32. The lowest BCUT2D eigenvalue weighted by molar-refractivity contribution is -0.112. The van der Waals surface area contributed by atoms with Crippen molar-refractivity contribution in [3.8, 4) is 5.75 Å². The number of rotatable bonds is 4. The van der Waals surface area contributed by atoms with Crippen molar-refractivity contribution in [1.29, 1.82) is 0 Å². The van der Waals surface area contributed by atoms with Gasteiger partial charge in [-0.3, -0.25) is 4.79 Å². The molecule has 1 fully saturated rings. The Balaban J connectivity index is 1.55. The van der Waals surface area contributed by atoms with Crippen molar-refractivity contribution in [1.82, 2.24) is 15.3 Å². The van der Waals surface area contributed by atoms with Gasteiger partial charge in [-0.2, -0.15) is 0 Å². The van der Waals surface area contributed by atoms with E-state index in [9.17, 15) is 4.79 Å². The number of benzene rings is 2. The number of aromatic nitrogens is 2. The second-order valence-corrected chi connectivity index (χ2v) is 7.04. The van der Waals surface area contributed by atoms with E-state index in [0.29, 0.717) is 17.4 Å². The summed E-state index contributed by atoms with van der Waals surface area (Å²) in [5, 5.41) is 4.91. The van der Waals surface area contributed by atoms with Gasteiger partial charge in [-0.25, -0.2) is 9.98 Å². The molecule has 6 heteroatoms. The van der Waals surface area contributed by atoms with Gasteiger partial charge >= 0.3 is 0 Å². The maximum Gasteiger partial charge on any atom is 0.274 e. The third-order valence-electron chi connectivity index (χ3n) is 5.23. The zero-order valence-electron chi connectivity index (χ0n) is 14.9. The summed E-state index contributed by atoms with van der Waals surface area (Å²) >= 11 is 0. The molecule has 0 bridgehead atoms. The van der Waals surface area contributed by atoms with E-state index in [1.807, 2.05) is 36.4 Å². The molecule has 0 radical (unpaired) electrons. The molecule has 0 aliphatic carbocycles. The van der Waals surface area contributed by atoms with Gasteiger partial charge in [0.05, 0.1) is 27.9 Å². The van der Waals surface area contributed by atoms with E-state index < -0.39 is 0 Å². The number of H-pyrrole nitrogens is 1. The fraction of sp³-hybridized carbons (Fsp3) is 0.286. The Bertz CT molecular complexity index is 1140. The normalized spacial score (nSPS) is 17.2. The molecule has 5 rings (SSSR count). The molecule has 1 amide bonds. The Kier molecular flexibility index (Phi) is 3.98. The van der Waals surface area contributed by atoms with Gasteiger partial charge in [-0.05, 0) is 55.8 Å². The molecule has 1 saturated heterocycles. The minimum Gasteiger partial charge on any atom is -0.490 e. The van der Waals surface area contributed by atoms with E-state index in [2.05, 4.69) is 20.3 Å². The lowest BCUT2D eigenvalue weighted by Crippen LogP contribution is -2.36. The van der Waals surface area contributed by atoms with Crippen LogP contribution in [0.1, 0.15) is 18.4 Å². The van der Waals surface area contributed by atoms with Crippen molar-refractivity contribution in [3.05, 3.63) is 58.9 Å². The van der Waals surface area contributed by atoms with Gasteiger partial charge in [0.25, 0.3) is 5.91 Å². The molecule has 2 N–H and O–H groups in total. The van der Waals surface area contributed by atoms with Crippen LogP contribution in [0.5, 0.6) is 5.75 Å². The molecule has 27 heavy (non-hydrogen) atoms. The first-order valence-electron chi connectivity index (χ1n) is 9.32. The first kappa shape index (κ1) is 16.2. The van der Waals surface area contributed by atoms with Crippen molar-refractivity contribution in [2.75, 3.05) is 13.1 Å². The van der Waals surface area contributed by atoms with Crippen LogP contribution in [0.3, 0.4) is 0 Å². The van der Waals surface area contributed by atoms with Gasteiger partial charge in [0.1, 0.15) is 11.9 Å². The highest BCUT2D eigenvalue weighted by Gasteiger charge is 2.22. The van der Waals surface area contributed by atoms with Crippen molar-refractivity contribution in [3.63, 3.8) is 0 Å². The number of fused-ring (bicyclic) bond motifs is 2. The van der Waals surface area contributed by atoms with Gasteiger partial charge in [0.2, 0.25) is 0 Å². The minimum atomic E-state index is -0.170. The van der Waals surface area contributed by atoms with Gasteiger partial charge < -0.3 is 15.0 Å². The maximum absolute atomic E-state index is 12.6. The summed E-state index contributed by atoms with van der Waals surface area (Å²) in [5.41, 5.74) is 3.64. The van der Waals surface area contributed by atoms with Crippen LogP contribution in [0.2, 0.25) is 0 Å². The molecule has 0 saturated carbocycles. The number of amides is 1. The molecule has 136 valence electrons. The summed E-state index contributed by atoms with van der Waals surface area (Å²) in [6.45, 7) is 1.92. The molecular weight excluding hydrogens is 340 g/mol. The Hall–Kier alpha value is -2.99. The molecule has 0 unspecified atom stereocenters. The second kappa shape index (κ2) is 6.63. The number of nitrogens with zero attached hydrogens (tertiary/aromatic N) is 2. The number of carbonyl (C=O) groups excluding carboxylic acids is 1. The smallest absolute Gasteiger partial charge is 0.274 e. The van der Waals surface area contributed by atoms with Crippen LogP contribution in [0.25, 0.3) is 16.6 Å². The van der Waals surface area contributed by atoms with Crippen LogP contribution in [-0.4, -0.2) is 35.1 Å². The summed E-state index contributed by atoms with van der Waals surface area (Å²) in [5.74, 6) is 0.600. The van der Waals surface area contributed by atoms with Crippen LogP contribution in [0.4, 0.5) is 0 Å². The zero-order chi connectivity index (χ0) is 18.2. The zero-order valence-corrected chi connectivity index (χ0v) is 14.9. The molecule has 0 spiro atoms. The third kappa shape index (κ3) is 3.02. The number of nitrogens with one attached hydrogen (secondary N) is 2. The van der Waals surface area contributed by atoms with Crippen LogP contribution >= 0.6 is 0 Å². The Morgan fingerprint density at radius 3 is 2.93 bits per heavy atom. The van der Waals surface area contributed by atoms with Gasteiger partial charge in [0.15, 0.2) is 0 Å². The van der Waals surface area contributed by atoms with Crippen molar-refractivity contribution in [2.45, 2.75) is 25.4 Å². The molecule has 2 aliphatic heterocycles. The van der Waals surface area contributed by atoms with Crippen LogP contribution < -0.4 is 20.6 Å². The maximum atomic E-state index is 12.6. The molecule has 3 heterocycles. The summed E-state index contributed by atoms with van der Waals surface area (Å²) in [6.07, 6.45) is 4.33. The largest absolute Gasteiger partial charge is 0.490 e. The minimum absolute atomic E-state index is 0.170. The Morgan fingerprint density at radius 1 is 1.15 bits per heavy atom. The summed E-state index contributed by atoms with van der Waals surface area (Å²) in [6, 6.07) is 11.8. The average molecular weight is 360 g/mol. The quantitative estimate of drug-likeness (QED) is 0.734. The number of hydrogen-bond acceptors (Lipinski definition) is 4. The molecule has 2 aliphatic rings. The fourth-order valence-corrected chi connectivity index (χ4v) is 3.85. The molecule has 1 aromatic heterocycles. The SMILES string of the molecule is O=C1N=c2cccc(OC3CCNCC3)c2=C1Cc1ccc2nc[nH]c2c1. The Morgan fingerprint density at radius 2 is 2.04 bits per heavy atom. The number of hydrogen-bond donors (Lipinski definition) is 2. The average Bonchev–Trinajstić information content (AvgIpc) is 3.27. The van der Waals surface area contributed by atoms with Crippen molar-refractivity contribution >= 4 is 22.5 Å². The standard InChI is InChI=1S/C21H20N4O2/c26-21-15(10-13-4-5-16-18(11-13)24-12-23-16)20-17(25-21)2-1-3-19(20)27-14-6-8-22-9-7-14/h1-5,11-12,14,22H,6-10H2,(H,23,24). The van der Waals surface area contributed by atoms with E-state index in [0.717, 1.165) is 53.5 Å². The molecule has 0 atom stereocenters. The predicted octanol–water partition coefficient (Wildman–Crippen LogP) is 1.25. The Labute approximate surface area is 156 Å². The highest BCUT2D eigenvalue weighted by atomic mass is 16.5. The number of imidazole rings is 1. The lowest BCUT2D eigenvalue weighted by Gasteiger charge is -2.24. The molecule has 2 aromatic carbocycles. The summed E-state index contributed by atoms with van der Waals surface area (Å²) in [7, 11) is 0. The van der Waals surface area contributed by atoms with Gasteiger partial charge in [0, 0.05) is 12.0 Å². The summed E-state index contributed by atoms with van der Waals surface area (Å²) in [4.78, 5) is 24.2. The lowest BCUT2D eigenvalue weighted by atomic mass is 10.0. The van der Waals surface area contributed by atoms with Gasteiger partial charge in [-0.15, -0.1) is 0 Å². The second-order valence-electron chi connectivity index (χ2n) is 7.04. The number of aromatic amines is 1. The van der Waals surface area contributed by atoms with Gasteiger partial charge in [-0.1, -0.05) is 12.1 Å². The topological polar surface area (TPSA) is 79.4 Å². The molecule has 3 aromatic rings. The monoisotopic (exact) mass is 360 g/mol. The number of carbonyl (C=O) groups is 1. The number of piperidine rings is 1. The van der Waals surface area contributed by atoms with Crippen LogP contribution in [0, 0.1) is 0 Å². The predicted molar refractivity (Wildman–Crippen MR) is 102 cm³/mol. The van der Waals surface area contributed by atoms with E-state index >= 15 is 0 Å². The number of ether oxygens (including phenoxy) is 1.